The van der Waals surface area contributed by atoms with Crippen LogP contribution in [-0.2, 0) is 0 Å². The number of benzene rings is 1. The molecule has 1 heterocycles. The minimum absolute atomic E-state index is 0.0821. The van der Waals surface area contributed by atoms with Gasteiger partial charge in [0.25, 0.3) is 0 Å². The number of aromatic nitrogens is 2. The van der Waals surface area contributed by atoms with Crippen molar-refractivity contribution in [2.75, 3.05) is 10.7 Å². The van der Waals surface area contributed by atoms with E-state index in [1.807, 2.05) is 44.2 Å². The molecule has 2 rings (SSSR count). The van der Waals surface area contributed by atoms with Gasteiger partial charge in [-0.15, -0.1) is 0 Å². The van der Waals surface area contributed by atoms with E-state index in [1.54, 1.807) is 0 Å². The number of hydrogen-bond acceptors (Lipinski definition) is 5. The maximum absolute atomic E-state index is 5.98. The first kappa shape index (κ1) is 13.6. The lowest BCUT2D eigenvalue weighted by molar-refractivity contribution is 0.870. The summed E-state index contributed by atoms with van der Waals surface area (Å²) >= 11 is 5.98. The van der Waals surface area contributed by atoms with Gasteiger partial charge in [0.15, 0.2) is 0 Å². The second-order valence-corrected chi connectivity index (χ2v) is 4.72. The summed E-state index contributed by atoms with van der Waals surface area (Å²) < 4.78 is 0. The number of nitrogens with two attached hydrogens (primary N) is 1. The highest BCUT2D eigenvalue weighted by molar-refractivity contribution is 6.30. The molecule has 19 heavy (non-hydrogen) atoms. The van der Waals surface area contributed by atoms with Crippen molar-refractivity contribution in [1.29, 1.82) is 0 Å². The second kappa shape index (κ2) is 5.86. The van der Waals surface area contributed by atoms with Gasteiger partial charge in [-0.2, -0.15) is 4.98 Å². The third kappa shape index (κ3) is 3.56. The first-order valence-corrected chi connectivity index (χ1v) is 6.30. The van der Waals surface area contributed by atoms with E-state index in [2.05, 4.69) is 20.7 Å². The van der Waals surface area contributed by atoms with Gasteiger partial charge in [-0.1, -0.05) is 23.7 Å². The number of hydrazine groups is 1. The zero-order valence-corrected chi connectivity index (χ0v) is 11.6. The summed E-state index contributed by atoms with van der Waals surface area (Å²) in [6.45, 7) is 3.93. The number of halogens is 1. The molecule has 0 aliphatic rings. The van der Waals surface area contributed by atoms with Gasteiger partial charge in [-0.3, -0.25) is 5.43 Å². The number of nitrogen functional groups attached to an aromatic ring is 1. The summed E-state index contributed by atoms with van der Waals surface area (Å²) in [6, 6.07) is 9.66. The molecule has 2 aromatic rings. The highest BCUT2D eigenvalue weighted by atomic mass is 35.5. The molecule has 0 bridgehead atoms. The molecule has 1 unspecified atom stereocenters. The van der Waals surface area contributed by atoms with Gasteiger partial charge in [0.2, 0.25) is 5.95 Å². The summed E-state index contributed by atoms with van der Waals surface area (Å²) in [7, 11) is 0. The van der Waals surface area contributed by atoms with Crippen LogP contribution in [0, 0.1) is 6.92 Å². The smallest absolute Gasteiger partial charge is 0.239 e. The van der Waals surface area contributed by atoms with Crippen molar-refractivity contribution in [1.82, 2.24) is 9.97 Å². The zero-order chi connectivity index (χ0) is 13.8. The highest BCUT2D eigenvalue weighted by Crippen LogP contribution is 2.21. The van der Waals surface area contributed by atoms with Crippen LogP contribution in [0.3, 0.4) is 0 Å². The van der Waals surface area contributed by atoms with E-state index in [0.717, 1.165) is 11.3 Å². The first-order valence-electron chi connectivity index (χ1n) is 5.93. The van der Waals surface area contributed by atoms with E-state index in [9.17, 15) is 0 Å². The van der Waals surface area contributed by atoms with Crippen LogP contribution in [0.25, 0.3) is 0 Å². The van der Waals surface area contributed by atoms with Crippen molar-refractivity contribution >= 4 is 23.4 Å². The van der Waals surface area contributed by atoms with Crippen molar-refractivity contribution in [2.45, 2.75) is 19.9 Å². The van der Waals surface area contributed by atoms with E-state index in [-0.39, 0.29) is 6.04 Å². The number of hydrogen-bond donors (Lipinski definition) is 3. The summed E-state index contributed by atoms with van der Waals surface area (Å²) in [5.74, 6) is 6.43. The Balaban J connectivity index is 2.18. The molecular weight excluding hydrogens is 262 g/mol. The third-order valence-corrected chi connectivity index (χ3v) is 2.93. The Kier molecular flexibility index (Phi) is 4.19. The van der Waals surface area contributed by atoms with Gasteiger partial charge in [0.05, 0.1) is 0 Å². The number of anilines is 2. The molecule has 100 valence electrons. The summed E-state index contributed by atoms with van der Waals surface area (Å²) in [6.07, 6.45) is 0. The molecule has 0 fully saturated rings. The van der Waals surface area contributed by atoms with E-state index in [1.165, 1.54) is 0 Å². The fourth-order valence-electron chi connectivity index (χ4n) is 1.79. The normalized spacial score (nSPS) is 12.0. The maximum atomic E-state index is 5.98. The SMILES string of the molecule is Cc1cc(NC(C)c2cccc(Cl)c2)nc(NN)n1. The third-order valence-electron chi connectivity index (χ3n) is 2.70. The molecule has 0 aliphatic heterocycles. The van der Waals surface area contributed by atoms with Gasteiger partial charge < -0.3 is 5.32 Å². The van der Waals surface area contributed by atoms with Crippen LogP contribution in [-0.4, -0.2) is 9.97 Å². The van der Waals surface area contributed by atoms with Crippen LogP contribution < -0.4 is 16.6 Å². The van der Waals surface area contributed by atoms with Crippen LogP contribution in [0.4, 0.5) is 11.8 Å². The Bertz CT molecular complexity index is 573. The standard InChI is InChI=1S/C13H16ClN5/c1-8-6-12(18-13(16-8)19-15)17-9(2)10-4-3-5-11(14)7-10/h3-7,9H,15H2,1-2H3,(H2,16,17,18,19). The molecule has 0 amide bonds. The van der Waals surface area contributed by atoms with Crippen molar-refractivity contribution in [3.05, 3.63) is 46.6 Å². The van der Waals surface area contributed by atoms with Gasteiger partial charge in [-0.05, 0) is 31.5 Å². The summed E-state index contributed by atoms with van der Waals surface area (Å²) in [5.41, 5.74) is 4.37. The lowest BCUT2D eigenvalue weighted by Crippen LogP contribution is -2.14. The predicted molar refractivity (Wildman–Crippen MR) is 78.1 cm³/mol. The zero-order valence-electron chi connectivity index (χ0n) is 10.8. The van der Waals surface area contributed by atoms with Crippen LogP contribution in [0.1, 0.15) is 24.2 Å². The Morgan fingerprint density at radius 3 is 2.74 bits per heavy atom. The molecule has 1 atom stereocenters. The molecule has 1 aromatic heterocycles. The Hall–Kier alpha value is -1.85. The second-order valence-electron chi connectivity index (χ2n) is 4.28. The molecule has 0 spiro atoms. The fourth-order valence-corrected chi connectivity index (χ4v) is 1.99. The van der Waals surface area contributed by atoms with E-state index < -0.39 is 0 Å². The molecule has 5 nitrogen and oxygen atoms in total. The van der Waals surface area contributed by atoms with Crippen molar-refractivity contribution in [2.24, 2.45) is 5.84 Å². The number of nitrogens with zero attached hydrogens (tertiary/aromatic N) is 2. The Morgan fingerprint density at radius 1 is 1.26 bits per heavy atom. The Morgan fingerprint density at radius 2 is 2.05 bits per heavy atom. The summed E-state index contributed by atoms with van der Waals surface area (Å²) in [5, 5.41) is 4.01. The average molecular weight is 278 g/mol. The van der Waals surface area contributed by atoms with Gasteiger partial charge in [0.1, 0.15) is 5.82 Å². The quantitative estimate of drug-likeness (QED) is 0.592. The molecule has 1 aromatic carbocycles. The van der Waals surface area contributed by atoms with Crippen LogP contribution in [0.15, 0.2) is 30.3 Å². The lowest BCUT2D eigenvalue weighted by Gasteiger charge is -2.16. The predicted octanol–water partition coefficient (Wildman–Crippen LogP) is 2.90. The van der Waals surface area contributed by atoms with Crippen molar-refractivity contribution in [3.63, 3.8) is 0 Å². The van der Waals surface area contributed by atoms with Crippen LogP contribution in [0.2, 0.25) is 5.02 Å². The molecule has 0 radical (unpaired) electrons. The van der Waals surface area contributed by atoms with Crippen LogP contribution in [0.5, 0.6) is 0 Å². The molecule has 0 aliphatic carbocycles. The molecule has 0 saturated heterocycles. The van der Waals surface area contributed by atoms with Gasteiger partial charge in [-0.25, -0.2) is 10.8 Å². The lowest BCUT2D eigenvalue weighted by atomic mass is 10.1. The summed E-state index contributed by atoms with van der Waals surface area (Å²) in [4.78, 5) is 8.39. The molecule has 0 saturated carbocycles. The van der Waals surface area contributed by atoms with E-state index in [4.69, 9.17) is 17.4 Å². The Labute approximate surface area is 117 Å². The van der Waals surface area contributed by atoms with Gasteiger partial charge in [0, 0.05) is 22.8 Å². The number of nitrogens with one attached hydrogen (secondary N) is 2. The topological polar surface area (TPSA) is 75.9 Å². The monoisotopic (exact) mass is 277 g/mol. The highest BCUT2D eigenvalue weighted by Gasteiger charge is 2.08. The van der Waals surface area contributed by atoms with Crippen molar-refractivity contribution in [3.8, 4) is 0 Å². The minimum atomic E-state index is 0.0821. The molecular formula is C13H16ClN5. The average Bonchev–Trinajstić information content (AvgIpc) is 2.38. The number of rotatable bonds is 4. The molecule has 4 N–H and O–H groups in total. The van der Waals surface area contributed by atoms with Gasteiger partial charge >= 0.3 is 0 Å². The maximum Gasteiger partial charge on any atom is 0.239 e. The van der Waals surface area contributed by atoms with Crippen LogP contribution >= 0.6 is 11.6 Å². The largest absolute Gasteiger partial charge is 0.363 e. The first-order chi connectivity index (χ1) is 9.08. The van der Waals surface area contributed by atoms with E-state index in [0.29, 0.717) is 16.8 Å². The minimum Gasteiger partial charge on any atom is -0.363 e. The molecule has 6 heteroatoms. The van der Waals surface area contributed by atoms with E-state index >= 15 is 0 Å². The number of aryl methyl sites for hydroxylation is 1. The fraction of sp³-hybridized carbons (Fsp3) is 0.231. The van der Waals surface area contributed by atoms with Crippen molar-refractivity contribution < 1.29 is 0 Å².